The summed E-state index contributed by atoms with van der Waals surface area (Å²) in [5.41, 5.74) is 8.23. The van der Waals surface area contributed by atoms with Crippen molar-refractivity contribution in [3.63, 3.8) is 0 Å². The van der Waals surface area contributed by atoms with Crippen LogP contribution in [0.5, 0.6) is 0 Å². The number of hydrogen-bond donors (Lipinski definition) is 7. The monoisotopic (exact) mass is 1790 g/mol. The zero-order valence-electron chi connectivity index (χ0n) is 73.3. The van der Waals surface area contributed by atoms with Gasteiger partial charge in [0.05, 0.1) is 44.3 Å². The van der Waals surface area contributed by atoms with E-state index in [0.717, 1.165) is 57.2 Å². The maximum atomic E-state index is 10.6. The smallest absolute Gasteiger partial charge is 0.240 e. The summed E-state index contributed by atoms with van der Waals surface area (Å²) in [4.78, 5) is 12.4. The normalized spacial score (nSPS) is 25.2. The lowest BCUT2D eigenvalue weighted by atomic mass is 9.79. The Labute approximate surface area is 763 Å². The van der Waals surface area contributed by atoms with E-state index in [4.69, 9.17) is 93.2 Å². The van der Waals surface area contributed by atoms with Crippen molar-refractivity contribution in [3.05, 3.63) is 353 Å². The first-order valence-electron chi connectivity index (χ1n) is 41.6. The van der Waals surface area contributed by atoms with Crippen LogP contribution in [0, 0.1) is 23.7 Å². The van der Waals surface area contributed by atoms with Crippen molar-refractivity contribution in [2.75, 3.05) is 90.4 Å². The minimum atomic E-state index is -1.22. The molecule has 10 aromatic carbocycles. The van der Waals surface area contributed by atoms with Gasteiger partial charge in [0.15, 0.2) is 25.2 Å². The molecule has 7 N–H and O–H groups in total. The van der Waals surface area contributed by atoms with E-state index in [9.17, 15) is 25.2 Å². The summed E-state index contributed by atoms with van der Waals surface area (Å²) >= 11 is 7.12. The van der Waals surface area contributed by atoms with Crippen LogP contribution in [0.3, 0.4) is 0 Å². The number of methoxy groups -OCH3 is 8. The maximum absolute atomic E-state index is 10.6. The SMILES string of the molecule is C.C.C.CO.CO[C@@H]1OC(CO)[C@@H](OC)[C@H](C)C1C.CO[C@@H]1OC(CO)[C@@H](OC)[C@H](O)C1O.CO[C@@H]1OC(COC(c2ccccc2)(c2ccccc2)c2ccccc2)[C@@H](OC)[C@H](C)C1C.CO[C@@H]1OC(COC(c2ccccc2)(c2ccccc2)c2ccccc2)[C@@H](OC)[C@H](O)C1O.ClC(c1ccccc1)(c1ccccc1)c1ccccc1.O=C=Nc1ccccc1. The molecule has 4 fully saturated rings. The number of hydrogen-bond acceptors (Lipinski definition) is 23. The first kappa shape index (κ1) is 110. The Morgan fingerprint density at radius 1 is 0.305 bits per heavy atom. The number of alkyl halides is 1. The molecule has 8 unspecified atom stereocenters. The second-order valence-corrected chi connectivity index (χ2v) is 30.7. The number of nitrogens with zero attached hydrogens (tertiary/aromatic N) is 1. The highest BCUT2D eigenvalue weighted by Crippen LogP contribution is 2.46. The molecular weight excluding hydrogens is 1650 g/mol. The van der Waals surface area contributed by atoms with E-state index < -0.39 is 77.5 Å². The number of ether oxygens (including phenoxy) is 14. The first-order valence-corrected chi connectivity index (χ1v) is 42.0. The molecule has 0 radical (unpaired) electrons. The zero-order valence-corrected chi connectivity index (χ0v) is 74.1. The van der Waals surface area contributed by atoms with Gasteiger partial charge in [-0.15, -0.1) is 11.6 Å². The van der Waals surface area contributed by atoms with Crippen LogP contribution >= 0.6 is 11.6 Å². The molecule has 0 amide bonds. The molecule has 0 spiro atoms. The molecule has 128 heavy (non-hydrogen) atoms. The summed E-state index contributed by atoms with van der Waals surface area (Å²) < 4.78 is 79.3. The first-order chi connectivity index (χ1) is 60.8. The molecule has 24 heteroatoms. The van der Waals surface area contributed by atoms with Crippen LogP contribution < -0.4 is 0 Å². The molecule has 20 atom stereocenters. The lowest BCUT2D eigenvalue weighted by Gasteiger charge is -2.45. The van der Waals surface area contributed by atoms with Crippen molar-refractivity contribution in [1.29, 1.82) is 0 Å². The van der Waals surface area contributed by atoms with E-state index >= 15 is 0 Å². The predicted molar refractivity (Wildman–Crippen MR) is 499 cm³/mol. The fourth-order valence-electron chi connectivity index (χ4n) is 16.1. The standard InChI is InChI=1S/C29H34O4.C27H30O6.C19H15Cl.C10H20O4.C8H16O6.C7H5NO.CH4O.3CH4/c1-21-22(2)28(31-4)33-26(27(21)30-3)20-32-29(23-14-8-5-9-15-23,24-16-10-6-11-17-24)25-18-12-7-13-19-25;1-30-25-22(33-26(31-2)24(29)23(25)28)18-32-27(19-12-6-3-7-13-19,20-14-8-4-9-15-20)21-16-10-5-11-17-21;20-19(16-10-4-1-5-11-16,17-12-6-2-7-13-17)18-14-8-3-9-15-18;1-6-7(2)10(13-4)14-8(5-11)9(6)12-3;1-12-7-4(3-9)14-8(13-2)6(11)5(7)10;9-6-8-7-4-2-1-3-5-7;1-2;;;/h5-19,21-22,26-28H,20H2,1-4H3;3-17,22-26,28-29H,18H2,1-2H3;1-15H;6-11H,5H2,1-4H3;4-11H,3H2,1-2H3;1-5H;2H,1H3;3*1H4/t21-,22?,26?,27+,28-;22?,23-,24?,25-,26-;;6-,7?,8?,9+,10-;4?,5-,6?,7-,8-;;;;;/m11.11...../s1. The highest BCUT2D eigenvalue weighted by Gasteiger charge is 2.50. The quantitative estimate of drug-likeness (QED) is 0.0115. The highest BCUT2D eigenvalue weighted by atomic mass is 35.5. The molecule has 0 saturated carbocycles. The summed E-state index contributed by atoms with van der Waals surface area (Å²) in [5, 5.41) is 65.1. The van der Waals surface area contributed by atoms with E-state index in [1.807, 2.05) is 182 Å². The van der Waals surface area contributed by atoms with Crippen LogP contribution in [0.15, 0.2) is 308 Å². The topological polar surface area (TPSA) is 300 Å². The zero-order chi connectivity index (χ0) is 90.3. The summed E-state index contributed by atoms with van der Waals surface area (Å²) in [6, 6.07) is 101. The molecule has 696 valence electrons. The average molecular weight is 1790 g/mol. The predicted octanol–water partition coefficient (Wildman–Crippen LogP) is 15.9. The number of aliphatic hydroxyl groups is 7. The fraction of sp³-hybridized carbons (Fsp3) is 0.413. The summed E-state index contributed by atoms with van der Waals surface area (Å²) in [7, 11) is 13.3. The second-order valence-electron chi connectivity index (χ2n) is 30.2. The van der Waals surface area contributed by atoms with E-state index in [0.29, 0.717) is 18.2 Å². The number of aliphatic hydroxyl groups excluding tert-OH is 7. The molecule has 0 aromatic heterocycles. The Balaban J connectivity index is 0.000000284. The lowest BCUT2D eigenvalue weighted by molar-refractivity contribution is -0.302. The Bertz CT molecular complexity index is 4080. The van der Waals surface area contributed by atoms with Gasteiger partial charge in [-0.3, -0.25) is 0 Å². The number of aliphatic imine (C=N–C) groups is 1. The molecule has 4 saturated heterocycles. The van der Waals surface area contributed by atoms with Gasteiger partial charge in [-0.1, -0.05) is 341 Å². The largest absolute Gasteiger partial charge is 0.400 e. The van der Waals surface area contributed by atoms with Crippen molar-refractivity contribution in [3.8, 4) is 0 Å². The molecule has 4 heterocycles. The highest BCUT2D eigenvalue weighted by molar-refractivity contribution is 6.28. The van der Waals surface area contributed by atoms with Crippen molar-refractivity contribution >= 4 is 23.4 Å². The molecule has 23 nitrogen and oxygen atoms in total. The molecule has 14 rings (SSSR count). The van der Waals surface area contributed by atoms with Gasteiger partial charge < -0.3 is 102 Å². The van der Waals surface area contributed by atoms with Crippen LogP contribution in [-0.4, -0.2) is 231 Å². The molecule has 0 bridgehead atoms. The Morgan fingerprint density at radius 3 is 0.766 bits per heavy atom. The van der Waals surface area contributed by atoms with Crippen LogP contribution in [-0.2, 0) is 87.2 Å². The van der Waals surface area contributed by atoms with E-state index in [1.54, 1.807) is 40.6 Å². The van der Waals surface area contributed by atoms with Gasteiger partial charge in [-0.05, 0) is 74.0 Å². The molecule has 0 aliphatic carbocycles. The fourth-order valence-corrected chi connectivity index (χ4v) is 16.5. The molecule has 4 aliphatic heterocycles. The number of benzene rings is 10. The summed E-state index contributed by atoms with van der Waals surface area (Å²) in [5.74, 6) is 1.07. The van der Waals surface area contributed by atoms with Crippen LogP contribution in [0.1, 0.15) is 100 Å². The third kappa shape index (κ3) is 27.3. The number of carbonyl (C=O) groups excluding carboxylic acids is 1. The third-order valence-electron chi connectivity index (χ3n) is 23.0. The Kier molecular flexibility index (Phi) is 48.4. The summed E-state index contributed by atoms with van der Waals surface area (Å²) in [6.45, 7) is 8.60. The Morgan fingerprint density at radius 2 is 0.516 bits per heavy atom. The summed E-state index contributed by atoms with van der Waals surface area (Å²) in [6.07, 6.45) is -9.29. The Hall–Kier alpha value is -8.97. The van der Waals surface area contributed by atoms with E-state index in [-0.39, 0.29) is 96.9 Å². The maximum Gasteiger partial charge on any atom is 0.240 e. The second kappa shape index (κ2) is 56.6. The van der Waals surface area contributed by atoms with Crippen molar-refractivity contribution in [2.24, 2.45) is 28.7 Å². The molecule has 10 aromatic rings. The number of rotatable bonds is 26. The minimum Gasteiger partial charge on any atom is -0.400 e. The van der Waals surface area contributed by atoms with Gasteiger partial charge in [0.2, 0.25) is 6.08 Å². The van der Waals surface area contributed by atoms with Crippen molar-refractivity contribution < 1.29 is 107 Å². The van der Waals surface area contributed by atoms with Gasteiger partial charge in [0, 0.05) is 75.8 Å². The minimum absolute atomic E-state index is 0. The van der Waals surface area contributed by atoms with Gasteiger partial charge in [-0.25, -0.2) is 4.79 Å². The third-order valence-corrected chi connectivity index (χ3v) is 23.7. The van der Waals surface area contributed by atoms with Crippen molar-refractivity contribution in [2.45, 2.75) is 164 Å². The van der Waals surface area contributed by atoms with E-state index in [1.165, 1.54) is 34.5 Å². The van der Waals surface area contributed by atoms with E-state index in [2.05, 4.69) is 142 Å². The molecular formula is C104H136ClNO22. The van der Waals surface area contributed by atoms with Gasteiger partial charge in [-0.2, -0.15) is 4.99 Å². The number of halogens is 1. The average Bonchev–Trinajstić information content (AvgIpc) is 0.750. The van der Waals surface area contributed by atoms with Crippen molar-refractivity contribution in [1.82, 2.24) is 0 Å². The lowest BCUT2D eigenvalue weighted by Crippen LogP contribution is -2.60. The van der Waals surface area contributed by atoms with Gasteiger partial charge >= 0.3 is 0 Å². The van der Waals surface area contributed by atoms with Crippen LogP contribution in [0.2, 0.25) is 0 Å². The van der Waals surface area contributed by atoms with Crippen LogP contribution in [0.25, 0.3) is 0 Å². The van der Waals surface area contributed by atoms with Crippen LogP contribution in [0.4, 0.5) is 5.69 Å². The number of isocyanates is 1. The van der Waals surface area contributed by atoms with Gasteiger partial charge in [0.1, 0.15) is 77.1 Å². The molecule has 4 aliphatic rings. The number of para-hydroxylation sites is 1. The van der Waals surface area contributed by atoms with Gasteiger partial charge in [0.25, 0.3) is 0 Å².